The van der Waals surface area contributed by atoms with E-state index in [0.717, 1.165) is 39.0 Å². The van der Waals surface area contributed by atoms with E-state index in [2.05, 4.69) is 28.2 Å². The van der Waals surface area contributed by atoms with Gasteiger partial charge < -0.3 is 19.2 Å². The van der Waals surface area contributed by atoms with Crippen LogP contribution in [0.15, 0.2) is 77.7 Å². The number of hydrogen-bond donors (Lipinski definition) is 1. The van der Waals surface area contributed by atoms with Crippen LogP contribution in [0.3, 0.4) is 0 Å². The average molecular weight is 469 g/mol. The normalized spacial score (nSPS) is 11.9. The van der Waals surface area contributed by atoms with Gasteiger partial charge in [0, 0.05) is 35.8 Å². The summed E-state index contributed by atoms with van der Waals surface area (Å²) in [6, 6.07) is 17.2. The number of furan rings is 1. The molecule has 2 aromatic carbocycles. The molecular formula is C29H28N2O4. The first-order valence-corrected chi connectivity index (χ1v) is 11.4. The van der Waals surface area contributed by atoms with Crippen LogP contribution in [0.25, 0.3) is 22.1 Å². The van der Waals surface area contributed by atoms with Crippen molar-refractivity contribution in [2.75, 3.05) is 7.11 Å². The number of nitrogens with one attached hydrogen (secondary N) is 1. The Morgan fingerprint density at radius 3 is 2.63 bits per heavy atom. The molecule has 0 aliphatic heterocycles. The highest BCUT2D eigenvalue weighted by molar-refractivity contribution is 5.85. The number of carbonyl (C=O) groups excluding carboxylic acids is 1. The lowest BCUT2D eigenvalue weighted by Gasteiger charge is -2.21. The third-order valence-electron chi connectivity index (χ3n) is 5.21. The molecule has 0 aliphatic carbocycles. The lowest BCUT2D eigenvalue weighted by atomic mass is 10.1. The molecule has 6 nitrogen and oxygen atoms in total. The van der Waals surface area contributed by atoms with Crippen LogP contribution >= 0.6 is 0 Å². The van der Waals surface area contributed by atoms with Crippen LogP contribution in [0, 0.1) is 11.8 Å². The summed E-state index contributed by atoms with van der Waals surface area (Å²) in [5.41, 5.74) is 2.09. The minimum absolute atomic E-state index is 0.454. The second-order valence-corrected chi connectivity index (χ2v) is 9.16. The molecule has 0 radical (unpaired) electrons. The summed E-state index contributed by atoms with van der Waals surface area (Å²) in [5, 5.41) is 5.03. The molecule has 0 saturated carbocycles. The lowest BCUT2D eigenvalue weighted by Crippen LogP contribution is -2.39. The van der Waals surface area contributed by atoms with Gasteiger partial charge in [-0.1, -0.05) is 36.1 Å². The quantitative estimate of drug-likeness (QED) is 0.364. The Morgan fingerprint density at radius 2 is 1.89 bits per heavy atom. The van der Waals surface area contributed by atoms with Crippen molar-refractivity contribution in [3.8, 4) is 28.9 Å². The molecule has 0 unspecified atom stereocenters. The van der Waals surface area contributed by atoms with Crippen molar-refractivity contribution in [1.82, 2.24) is 10.3 Å². The number of fused-ring (bicyclic) bond motifs is 1. The van der Waals surface area contributed by atoms with Crippen molar-refractivity contribution in [2.45, 2.75) is 38.8 Å². The third-order valence-corrected chi connectivity index (χ3v) is 5.21. The van der Waals surface area contributed by atoms with Gasteiger partial charge in [-0.3, -0.25) is 4.98 Å². The molecule has 178 valence electrons. The summed E-state index contributed by atoms with van der Waals surface area (Å²) < 4.78 is 16.4. The maximum atomic E-state index is 12.4. The van der Waals surface area contributed by atoms with E-state index in [1.54, 1.807) is 19.6 Å². The van der Waals surface area contributed by atoms with Gasteiger partial charge in [0.15, 0.2) is 0 Å². The second kappa shape index (κ2) is 10.4. The van der Waals surface area contributed by atoms with Gasteiger partial charge in [-0.25, -0.2) is 4.79 Å². The highest BCUT2D eigenvalue weighted by Gasteiger charge is 2.19. The minimum atomic E-state index is -0.600. The molecule has 0 saturated heterocycles. The number of pyridine rings is 1. The molecule has 1 N–H and O–H groups in total. The SMILES string of the molecule is COc1ccc(C[C@@H](C#Cc2coc(-c3ccc4cnccc4c3)c2)NC(=O)OC(C)(C)C)cc1. The fourth-order valence-electron chi connectivity index (χ4n) is 3.55. The van der Waals surface area contributed by atoms with E-state index in [1.807, 2.05) is 75.5 Å². The van der Waals surface area contributed by atoms with E-state index in [9.17, 15) is 4.79 Å². The first-order chi connectivity index (χ1) is 16.8. The summed E-state index contributed by atoms with van der Waals surface area (Å²) in [6.45, 7) is 5.48. The molecule has 2 heterocycles. The number of nitrogens with zero attached hydrogens (tertiary/aromatic N) is 1. The predicted octanol–water partition coefficient (Wildman–Crippen LogP) is 5.99. The number of carbonyl (C=O) groups is 1. The van der Waals surface area contributed by atoms with Crippen LogP contribution in [0.2, 0.25) is 0 Å². The smallest absolute Gasteiger partial charge is 0.408 e. The maximum Gasteiger partial charge on any atom is 0.408 e. The molecule has 6 heteroatoms. The van der Waals surface area contributed by atoms with Crippen LogP contribution in [0.1, 0.15) is 31.9 Å². The second-order valence-electron chi connectivity index (χ2n) is 9.16. The van der Waals surface area contributed by atoms with Gasteiger partial charge >= 0.3 is 6.09 Å². The molecular weight excluding hydrogens is 440 g/mol. The van der Waals surface area contributed by atoms with E-state index in [-0.39, 0.29) is 0 Å². The van der Waals surface area contributed by atoms with Gasteiger partial charge in [0.25, 0.3) is 0 Å². The Labute approximate surface area is 205 Å². The van der Waals surface area contributed by atoms with Gasteiger partial charge in [0.2, 0.25) is 0 Å². The fourth-order valence-corrected chi connectivity index (χ4v) is 3.55. The molecule has 1 amide bonds. The van der Waals surface area contributed by atoms with Crippen molar-refractivity contribution < 1.29 is 18.7 Å². The van der Waals surface area contributed by atoms with Crippen LogP contribution < -0.4 is 10.1 Å². The van der Waals surface area contributed by atoms with Crippen molar-refractivity contribution in [1.29, 1.82) is 0 Å². The highest BCUT2D eigenvalue weighted by Crippen LogP contribution is 2.25. The molecule has 0 fully saturated rings. The minimum Gasteiger partial charge on any atom is -0.497 e. The highest BCUT2D eigenvalue weighted by atomic mass is 16.6. The van der Waals surface area contributed by atoms with Crippen LogP contribution in [0.5, 0.6) is 5.75 Å². The monoisotopic (exact) mass is 468 g/mol. The fraction of sp³-hybridized carbons (Fsp3) is 0.241. The molecule has 0 bridgehead atoms. The Balaban J connectivity index is 1.54. The van der Waals surface area contributed by atoms with Crippen LogP contribution in [-0.2, 0) is 11.2 Å². The van der Waals surface area contributed by atoms with E-state index in [4.69, 9.17) is 13.9 Å². The number of aromatic nitrogens is 1. The van der Waals surface area contributed by atoms with Gasteiger partial charge in [0.05, 0.1) is 18.7 Å². The van der Waals surface area contributed by atoms with E-state index in [0.29, 0.717) is 6.42 Å². The summed E-state index contributed by atoms with van der Waals surface area (Å²) in [7, 11) is 1.63. The summed E-state index contributed by atoms with van der Waals surface area (Å²) in [4.78, 5) is 16.6. The lowest BCUT2D eigenvalue weighted by molar-refractivity contribution is 0.0516. The molecule has 4 aromatic rings. The molecule has 35 heavy (non-hydrogen) atoms. The van der Waals surface area contributed by atoms with Crippen LogP contribution in [-0.4, -0.2) is 29.8 Å². The zero-order valence-corrected chi connectivity index (χ0v) is 20.3. The Morgan fingerprint density at radius 1 is 1.09 bits per heavy atom. The predicted molar refractivity (Wildman–Crippen MR) is 136 cm³/mol. The van der Waals surface area contributed by atoms with E-state index < -0.39 is 17.7 Å². The van der Waals surface area contributed by atoms with Gasteiger partial charge in [-0.2, -0.15) is 0 Å². The zero-order chi connectivity index (χ0) is 24.8. The third kappa shape index (κ3) is 6.64. The number of amides is 1. The Hall–Kier alpha value is -4.24. The molecule has 1 atom stereocenters. The Kier molecular flexibility index (Phi) is 7.07. The largest absolute Gasteiger partial charge is 0.497 e. The first kappa shape index (κ1) is 23.9. The summed E-state index contributed by atoms with van der Waals surface area (Å²) in [6.07, 6.45) is 5.23. The number of ether oxygens (including phenoxy) is 2. The van der Waals surface area contributed by atoms with E-state index in [1.165, 1.54) is 0 Å². The van der Waals surface area contributed by atoms with Gasteiger partial charge in [-0.15, -0.1) is 0 Å². The van der Waals surface area contributed by atoms with Gasteiger partial charge in [-0.05, 0) is 56.0 Å². The standard InChI is InChI=1S/C29H28N2O4/c1-29(2,3)35-28(32)31-25(15-20-6-11-26(33-4)12-7-20)10-5-21-16-27(34-19-21)23-8-9-24-18-30-14-13-22(24)17-23/h6-9,11-14,16-19,25H,15H2,1-4H3,(H,31,32)/t25-/m1/s1. The molecule has 2 aromatic heterocycles. The number of alkyl carbamates (subject to hydrolysis) is 1. The number of benzene rings is 2. The van der Waals surface area contributed by atoms with Crippen LogP contribution in [0.4, 0.5) is 4.79 Å². The zero-order valence-electron chi connectivity index (χ0n) is 20.3. The molecule has 0 aliphatic rings. The Bertz CT molecular complexity index is 1370. The van der Waals surface area contributed by atoms with Crippen molar-refractivity contribution in [3.05, 3.63) is 84.4 Å². The first-order valence-electron chi connectivity index (χ1n) is 11.4. The number of hydrogen-bond acceptors (Lipinski definition) is 5. The molecule has 0 spiro atoms. The average Bonchev–Trinajstić information content (AvgIpc) is 3.30. The summed E-state index contributed by atoms with van der Waals surface area (Å²) >= 11 is 0. The topological polar surface area (TPSA) is 73.6 Å². The maximum absolute atomic E-state index is 12.4. The number of methoxy groups -OCH3 is 1. The van der Waals surface area contributed by atoms with E-state index >= 15 is 0 Å². The number of rotatable bonds is 5. The van der Waals surface area contributed by atoms with Crippen molar-refractivity contribution >= 4 is 16.9 Å². The molecule has 4 rings (SSSR count). The van der Waals surface area contributed by atoms with Gasteiger partial charge in [0.1, 0.15) is 23.4 Å². The van der Waals surface area contributed by atoms with Crippen molar-refractivity contribution in [3.63, 3.8) is 0 Å². The summed E-state index contributed by atoms with van der Waals surface area (Å²) in [5.74, 6) is 7.79. The van der Waals surface area contributed by atoms with Crippen molar-refractivity contribution in [2.24, 2.45) is 0 Å².